The number of aliphatic hydroxyl groups is 1. The molecule has 6 nitrogen and oxygen atoms in total. The zero-order chi connectivity index (χ0) is 29.8. The van der Waals surface area contributed by atoms with E-state index in [1.54, 1.807) is 0 Å². The number of aryl methyl sites for hydroxylation is 1. The molecule has 0 aliphatic carbocycles. The number of benzene rings is 2. The van der Waals surface area contributed by atoms with Gasteiger partial charge in [0.05, 0.1) is 16.9 Å². The summed E-state index contributed by atoms with van der Waals surface area (Å²) in [5.41, 5.74) is -1.46. The van der Waals surface area contributed by atoms with Gasteiger partial charge in [0.15, 0.2) is 0 Å². The molecule has 0 atom stereocenters. The lowest BCUT2D eigenvalue weighted by Crippen LogP contribution is -2.49. The summed E-state index contributed by atoms with van der Waals surface area (Å²) in [7, 11) is 0. The number of likely N-dealkylation sites (tertiary alicyclic amines) is 1. The second-order valence-electron chi connectivity index (χ2n) is 10.3. The maximum Gasteiger partial charge on any atom is 0.416 e. The van der Waals surface area contributed by atoms with Crippen molar-refractivity contribution in [3.05, 3.63) is 88.0 Å². The summed E-state index contributed by atoms with van der Waals surface area (Å²) in [5, 5.41) is 11.0. The van der Waals surface area contributed by atoms with Crippen LogP contribution in [0.4, 0.5) is 26.3 Å². The van der Waals surface area contributed by atoms with Crippen LogP contribution < -0.4 is 5.56 Å². The maximum atomic E-state index is 13.1. The lowest BCUT2D eigenvalue weighted by molar-refractivity contribution is -0.138. The van der Waals surface area contributed by atoms with Gasteiger partial charge in [-0.2, -0.15) is 26.3 Å². The molecule has 0 unspecified atom stereocenters. The van der Waals surface area contributed by atoms with Gasteiger partial charge >= 0.3 is 12.4 Å². The SMILES string of the molecule is O=C(Cn1c(CCCC(F)(F)F)nc(-c2ccc(C(F)(F)F)cc2)cc1=O)N1CCC(O)(Cc2ccccc2)CC1. The van der Waals surface area contributed by atoms with Gasteiger partial charge in [-0.1, -0.05) is 42.5 Å². The Morgan fingerprint density at radius 3 is 2.17 bits per heavy atom. The highest BCUT2D eigenvalue weighted by atomic mass is 19.4. The fourth-order valence-electron chi connectivity index (χ4n) is 4.90. The van der Waals surface area contributed by atoms with Gasteiger partial charge < -0.3 is 10.0 Å². The van der Waals surface area contributed by atoms with Crippen LogP contribution in [-0.2, 0) is 30.4 Å². The van der Waals surface area contributed by atoms with Gasteiger partial charge in [-0.3, -0.25) is 14.2 Å². The summed E-state index contributed by atoms with van der Waals surface area (Å²) in [6.07, 6.45) is -9.75. The highest BCUT2D eigenvalue weighted by molar-refractivity contribution is 5.76. The number of nitrogens with zero attached hydrogens (tertiary/aromatic N) is 3. The second kappa shape index (κ2) is 12.1. The predicted molar refractivity (Wildman–Crippen MR) is 139 cm³/mol. The smallest absolute Gasteiger partial charge is 0.389 e. The Balaban J connectivity index is 1.51. The molecule has 220 valence electrons. The van der Waals surface area contributed by atoms with E-state index in [-0.39, 0.29) is 36.6 Å². The summed E-state index contributed by atoms with van der Waals surface area (Å²) in [6, 6.07) is 14.4. The van der Waals surface area contributed by atoms with Crippen LogP contribution in [0.5, 0.6) is 0 Å². The second-order valence-corrected chi connectivity index (χ2v) is 10.3. The van der Waals surface area contributed by atoms with E-state index in [4.69, 9.17) is 0 Å². The van der Waals surface area contributed by atoms with E-state index >= 15 is 0 Å². The lowest BCUT2D eigenvalue weighted by Gasteiger charge is -2.38. The minimum Gasteiger partial charge on any atom is -0.389 e. The normalized spacial score (nSPS) is 15.6. The van der Waals surface area contributed by atoms with Crippen molar-refractivity contribution in [2.45, 2.75) is 63.0 Å². The van der Waals surface area contributed by atoms with Gasteiger partial charge in [0.2, 0.25) is 5.91 Å². The van der Waals surface area contributed by atoms with E-state index < -0.39 is 54.4 Å². The fourth-order valence-corrected chi connectivity index (χ4v) is 4.90. The van der Waals surface area contributed by atoms with E-state index in [0.717, 1.165) is 40.5 Å². The molecule has 4 rings (SSSR count). The van der Waals surface area contributed by atoms with Crippen molar-refractivity contribution in [1.29, 1.82) is 0 Å². The Kier molecular flexibility index (Phi) is 8.91. The first-order valence-electron chi connectivity index (χ1n) is 13.1. The number of carbonyl (C=O) groups excluding carboxylic acids is 1. The molecular weight excluding hydrogens is 552 g/mol. The van der Waals surface area contributed by atoms with Gasteiger partial charge in [-0.15, -0.1) is 0 Å². The Morgan fingerprint density at radius 2 is 1.59 bits per heavy atom. The van der Waals surface area contributed by atoms with E-state index in [1.165, 1.54) is 4.90 Å². The number of rotatable bonds is 8. The molecule has 0 bridgehead atoms. The molecule has 1 amide bonds. The molecule has 1 aliphatic heterocycles. The highest BCUT2D eigenvalue weighted by Gasteiger charge is 2.34. The first-order valence-corrected chi connectivity index (χ1v) is 13.1. The first kappa shape index (κ1) is 30.3. The topological polar surface area (TPSA) is 75.4 Å². The van der Waals surface area contributed by atoms with Crippen molar-refractivity contribution >= 4 is 5.91 Å². The van der Waals surface area contributed by atoms with Crippen molar-refractivity contribution in [3.63, 3.8) is 0 Å². The van der Waals surface area contributed by atoms with Crippen molar-refractivity contribution in [1.82, 2.24) is 14.5 Å². The molecule has 2 aromatic carbocycles. The molecule has 1 N–H and O–H groups in total. The summed E-state index contributed by atoms with van der Waals surface area (Å²) >= 11 is 0. The minimum absolute atomic E-state index is 0.00150. The Morgan fingerprint density at radius 1 is 0.951 bits per heavy atom. The highest BCUT2D eigenvalue weighted by Crippen LogP contribution is 2.31. The number of aromatic nitrogens is 2. The van der Waals surface area contributed by atoms with Crippen LogP contribution >= 0.6 is 0 Å². The molecular formula is C29H29F6N3O3. The monoisotopic (exact) mass is 581 g/mol. The van der Waals surface area contributed by atoms with Gasteiger partial charge in [0, 0.05) is 44.0 Å². The number of halogens is 6. The van der Waals surface area contributed by atoms with Crippen molar-refractivity contribution in [2.24, 2.45) is 0 Å². The van der Waals surface area contributed by atoms with E-state index in [0.29, 0.717) is 19.3 Å². The summed E-state index contributed by atoms with van der Waals surface area (Å²) in [6.45, 7) is 0.00632. The number of alkyl halides is 6. The van der Waals surface area contributed by atoms with Crippen molar-refractivity contribution in [3.8, 4) is 11.3 Å². The van der Waals surface area contributed by atoms with E-state index in [1.807, 2.05) is 30.3 Å². The van der Waals surface area contributed by atoms with E-state index in [2.05, 4.69) is 4.98 Å². The Bertz CT molecular complexity index is 1390. The third kappa shape index (κ3) is 8.18. The number of carbonyl (C=O) groups is 1. The van der Waals surface area contributed by atoms with Crippen molar-refractivity contribution < 1.29 is 36.2 Å². The summed E-state index contributed by atoms with van der Waals surface area (Å²) in [4.78, 5) is 32.0. The van der Waals surface area contributed by atoms with E-state index in [9.17, 15) is 41.0 Å². The molecule has 0 spiro atoms. The Labute approximate surface area is 232 Å². The van der Waals surface area contributed by atoms with Crippen LogP contribution in [0.3, 0.4) is 0 Å². The van der Waals surface area contributed by atoms with Gasteiger partial charge in [-0.05, 0) is 37.0 Å². The van der Waals surface area contributed by atoms with Gasteiger partial charge in [-0.25, -0.2) is 4.98 Å². The maximum absolute atomic E-state index is 13.1. The number of amides is 1. The molecule has 0 radical (unpaired) electrons. The first-order chi connectivity index (χ1) is 19.2. The van der Waals surface area contributed by atoms with Crippen LogP contribution in [0.25, 0.3) is 11.3 Å². The van der Waals surface area contributed by atoms with Gasteiger partial charge in [0.25, 0.3) is 5.56 Å². The lowest BCUT2D eigenvalue weighted by atomic mass is 9.85. The zero-order valence-corrected chi connectivity index (χ0v) is 22.0. The average molecular weight is 582 g/mol. The molecule has 3 aromatic rings. The van der Waals surface area contributed by atoms with Crippen LogP contribution in [0.15, 0.2) is 65.5 Å². The van der Waals surface area contributed by atoms with Crippen molar-refractivity contribution in [2.75, 3.05) is 13.1 Å². The molecule has 12 heteroatoms. The molecule has 41 heavy (non-hydrogen) atoms. The standard InChI is InChI=1S/C29H29F6N3O3/c30-28(31,32)12-4-7-24-36-23(21-8-10-22(11-9-21)29(33,34)35)17-25(39)38(24)19-26(40)37-15-13-27(41,14-16-37)18-20-5-2-1-3-6-20/h1-3,5-6,8-11,17,41H,4,7,12-16,18-19H2. The van der Waals surface area contributed by atoms with Crippen LogP contribution in [0, 0.1) is 0 Å². The predicted octanol–water partition coefficient (Wildman–Crippen LogP) is 5.41. The third-order valence-corrected chi connectivity index (χ3v) is 7.17. The molecule has 1 fully saturated rings. The molecule has 1 aromatic heterocycles. The van der Waals surface area contributed by atoms with Crippen LogP contribution in [0.1, 0.15) is 42.6 Å². The third-order valence-electron chi connectivity index (χ3n) is 7.17. The summed E-state index contributed by atoms with van der Waals surface area (Å²) in [5.74, 6) is -0.516. The molecule has 0 saturated carbocycles. The molecule has 1 aliphatic rings. The molecule has 1 saturated heterocycles. The Hall–Kier alpha value is -3.67. The number of hydrogen-bond donors (Lipinski definition) is 1. The quantitative estimate of drug-likeness (QED) is 0.361. The van der Waals surface area contributed by atoms with Crippen LogP contribution in [0.2, 0.25) is 0 Å². The van der Waals surface area contributed by atoms with Gasteiger partial charge in [0.1, 0.15) is 12.4 Å². The number of piperidine rings is 1. The van der Waals surface area contributed by atoms with Crippen LogP contribution in [-0.4, -0.2) is 50.3 Å². The molecule has 2 heterocycles. The zero-order valence-electron chi connectivity index (χ0n) is 22.0. The summed E-state index contributed by atoms with van der Waals surface area (Å²) < 4.78 is 78.3. The fraction of sp³-hybridized carbons (Fsp3) is 0.414. The largest absolute Gasteiger partial charge is 0.416 e. The average Bonchev–Trinajstić information content (AvgIpc) is 2.90. The minimum atomic E-state index is -4.57. The number of hydrogen-bond acceptors (Lipinski definition) is 4.